The van der Waals surface area contributed by atoms with Crippen molar-refractivity contribution in [3.8, 4) is 5.75 Å². The SMILES string of the molecule is CC1(C)C=C(N2CCNCC2=O)c2cc(SC(F)F)ccc2O1. The summed E-state index contributed by atoms with van der Waals surface area (Å²) in [7, 11) is 0. The summed E-state index contributed by atoms with van der Waals surface area (Å²) in [6.45, 7) is 5.34. The molecule has 0 atom stereocenters. The molecule has 3 rings (SSSR count). The molecule has 4 nitrogen and oxygen atoms in total. The van der Waals surface area contributed by atoms with E-state index in [0.717, 1.165) is 5.70 Å². The van der Waals surface area contributed by atoms with Crippen LogP contribution in [0.15, 0.2) is 29.2 Å². The van der Waals surface area contributed by atoms with Crippen LogP contribution in [-0.2, 0) is 4.79 Å². The first-order valence-electron chi connectivity index (χ1n) is 7.38. The van der Waals surface area contributed by atoms with Crippen molar-refractivity contribution < 1.29 is 18.3 Å². The summed E-state index contributed by atoms with van der Waals surface area (Å²) in [4.78, 5) is 14.4. The maximum atomic E-state index is 12.6. The maximum absolute atomic E-state index is 12.6. The van der Waals surface area contributed by atoms with Crippen molar-refractivity contribution in [2.45, 2.75) is 30.1 Å². The van der Waals surface area contributed by atoms with E-state index in [1.54, 1.807) is 23.1 Å². The molecule has 2 aliphatic heterocycles. The van der Waals surface area contributed by atoms with Gasteiger partial charge in [0.05, 0.1) is 12.2 Å². The van der Waals surface area contributed by atoms with Gasteiger partial charge in [-0.25, -0.2) is 0 Å². The van der Waals surface area contributed by atoms with Crippen LogP contribution in [-0.4, -0.2) is 41.8 Å². The molecule has 1 saturated heterocycles. The number of halogens is 2. The minimum Gasteiger partial charge on any atom is -0.483 e. The Hall–Kier alpha value is -1.60. The van der Waals surface area contributed by atoms with Crippen molar-refractivity contribution in [3.63, 3.8) is 0 Å². The third-order valence-corrected chi connectivity index (χ3v) is 4.39. The van der Waals surface area contributed by atoms with Gasteiger partial charge in [0, 0.05) is 23.5 Å². The molecule has 0 aliphatic carbocycles. The number of thioether (sulfide) groups is 1. The van der Waals surface area contributed by atoms with E-state index >= 15 is 0 Å². The fourth-order valence-corrected chi connectivity index (χ4v) is 3.32. The van der Waals surface area contributed by atoms with Gasteiger partial charge in [-0.15, -0.1) is 0 Å². The summed E-state index contributed by atoms with van der Waals surface area (Å²) >= 11 is 0.489. The third-order valence-electron chi connectivity index (χ3n) is 3.69. The first-order chi connectivity index (χ1) is 10.9. The highest BCUT2D eigenvalue weighted by Gasteiger charge is 2.32. The number of carbonyl (C=O) groups excluding carboxylic acids is 1. The van der Waals surface area contributed by atoms with Gasteiger partial charge in [0.1, 0.15) is 11.4 Å². The molecule has 0 unspecified atom stereocenters. The number of piperazine rings is 1. The highest BCUT2D eigenvalue weighted by atomic mass is 32.2. The third kappa shape index (κ3) is 3.50. The van der Waals surface area contributed by atoms with Gasteiger partial charge in [0.2, 0.25) is 5.91 Å². The number of hydrogen-bond acceptors (Lipinski definition) is 4. The Morgan fingerprint density at radius 1 is 1.39 bits per heavy atom. The maximum Gasteiger partial charge on any atom is 0.288 e. The Morgan fingerprint density at radius 3 is 2.87 bits per heavy atom. The molecule has 0 saturated carbocycles. The van der Waals surface area contributed by atoms with Crippen molar-refractivity contribution in [3.05, 3.63) is 29.8 Å². The van der Waals surface area contributed by atoms with Crippen LogP contribution >= 0.6 is 11.8 Å². The lowest BCUT2D eigenvalue weighted by Crippen LogP contribution is -2.48. The van der Waals surface area contributed by atoms with E-state index in [0.29, 0.717) is 41.1 Å². The van der Waals surface area contributed by atoms with Crippen LogP contribution < -0.4 is 10.1 Å². The number of alkyl halides is 2. The summed E-state index contributed by atoms with van der Waals surface area (Å²) in [6.07, 6.45) is 1.88. The van der Waals surface area contributed by atoms with Crippen molar-refractivity contribution in [1.29, 1.82) is 0 Å². The van der Waals surface area contributed by atoms with E-state index < -0.39 is 11.4 Å². The molecule has 1 amide bonds. The molecule has 23 heavy (non-hydrogen) atoms. The van der Waals surface area contributed by atoms with E-state index in [9.17, 15) is 13.6 Å². The molecule has 124 valence electrons. The second-order valence-corrected chi connectivity index (χ2v) is 7.06. The molecule has 2 aliphatic rings. The predicted molar refractivity (Wildman–Crippen MR) is 85.6 cm³/mol. The van der Waals surface area contributed by atoms with Crippen LogP contribution in [0.4, 0.5) is 8.78 Å². The van der Waals surface area contributed by atoms with Crippen LogP contribution in [0.25, 0.3) is 5.70 Å². The second-order valence-electron chi connectivity index (χ2n) is 5.99. The lowest BCUT2D eigenvalue weighted by Gasteiger charge is -2.37. The molecule has 1 fully saturated rings. The smallest absolute Gasteiger partial charge is 0.288 e. The minimum absolute atomic E-state index is 0.0296. The Labute approximate surface area is 137 Å². The Bertz CT molecular complexity index is 661. The van der Waals surface area contributed by atoms with Crippen molar-refractivity contribution in [2.24, 2.45) is 0 Å². The Kier molecular flexibility index (Phi) is 4.33. The number of carbonyl (C=O) groups is 1. The lowest BCUT2D eigenvalue weighted by atomic mass is 9.98. The van der Waals surface area contributed by atoms with Gasteiger partial charge in [-0.1, -0.05) is 11.8 Å². The van der Waals surface area contributed by atoms with Crippen LogP contribution in [0.1, 0.15) is 19.4 Å². The van der Waals surface area contributed by atoms with Crippen molar-refractivity contribution >= 4 is 23.4 Å². The molecule has 0 bridgehead atoms. The standard InChI is InChI=1S/C16H18F2N2O2S/c1-16(2)8-12(20-6-5-19-9-14(20)21)11-7-10(23-15(17)18)3-4-13(11)22-16/h3-4,7-8,15,19H,5-6,9H2,1-2H3. The first-order valence-corrected chi connectivity index (χ1v) is 8.26. The van der Waals surface area contributed by atoms with Gasteiger partial charge in [-0.3, -0.25) is 4.79 Å². The van der Waals surface area contributed by atoms with E-state index in [1.165, 1.54) is 0 Å². The molecule has 1 aromatic carbocycles. The molecule has 2 heterocycles. The average Bonchev–Trinajstić information content (AvgIpc) is 2.46. The fraction of sp³-hybridized carbons (Fsp3) is 0.438. The fourth-order valence-electron chi connectivity index (χ4n) is 2.78. The van der Waals surface area contributed by atoms with Crippen LogP contribution in [0.5, 0.6) is 5.75 Å². The van der Waals surface area contributed by atoms with Crippen LogP contribution in [0.2, 0.25) is 0 Å². The van der Waals surface area contributed by atoms with Crippen molar-refractivity contribution in [1.82, 2.24) is 10.2 Å². The summed E-state index contributed by atoms with van der Waals surface area (Å²) in [5.74, 6) is -1.90. The monoisotopic (exact) mass is 340 g/mol. The zero-order valence-corrected chi connectivity index (χ0v) is 13.8. The topological polar surface area (TPSA) is 41.6 Å². The van der Waals surface area contributed by atoms with Gasteiger partial charge >= 0.3 is 0 Å². The lowest BCUT2D eigenvalue weighted by molar-refractivity contribution is -0.128. The Morgan fingerprint density at radius 2 is 2.17 bits per heavy atom. The number of benzene rings is 1. The zero-order valence-electron chi connectivity index (χ0n) is 12.9. The molecule has 1 N–H and O–H groups in total. The molecule has 0 radical (unpaired) electrons. The number of nitrogens with zero attached hydrogens (tertiary/aromatic N) is 1. The molecule has 1 aromatic rings. The average molecular weight is 340 g/mol. The molecular formula is C16H18F2N2O2S. The number of ether oxygens (including phenoxy) is 1. The number of amides is 1. The largest absolute Gasteiger partial charge is 0.483 e. The van der Waals surface area contributed by atoms with Gasteiger partial charge in [0.15, 0.2) is 0 Å². The Balaban J connectivity index is 2.03. The number of hydrogen-bond donors (Lipinski definition) is 1. The van der Waals surface area contributed by atoms with E-state index in [-0.39, 0.29) is 12.5 Å². The first kappa shape index (κ1) is 16.3. The minimum atomic E-state index is -2.48. The van der Waals surface area contributed by atoms with Gasteiger partial charge in [-0.2, -0.15) is 8.78 Å². The normalized spacial score (nSPS) is 20.1. The summed E-state index contributed by atoms with van der Waals surface area (Å²) < 4.78 is 31.2. The van der Waals surface area contributed by atoms with Gasteiger partial charge < -0.3 is 15.0 Å². The number of rotatable bonds is 3. The molecule has 7 heteroatoms. The second kappa shape index (κ2) is 6.13. The number of nitrogens with one attached hydrogen (secondary N) is 1. The highest BCUT2D eigenvalue weighted by molar-refractivity contribution is 7.99. The molecular weight excluding hydrogens is 322 g/mol. The van der Waals surface area contributed by atoms with E-state index in [2.05, 4.69) is 5.32 Å². The van der Waals surface area contributed by atoms with Gasteiger partial charge in [0.25, 0.3) is 5.76 Å². The van der Waals surface area contributed by atoms with Gasteiger partial charge in [-0.05, 0) is 38.1 Å². The quantitative estimate of drug-likeness (QED) is 0.859. The number of fused-ring (bicyclic) bond motifs is 1. The van der Waals surface area contributed by atoms with Crippen LogP contribution in [0.3, 0.4) is 0 Å². The van der Waals surface area contributed by atoms with Crippen LogP contribution in [0, 0.1) is 0 Å². The summed E-state index contributed by atoms with van der Waals surface area (Å²) in [5.41, 5.74) is 0.856. The van der Waals surface area contributed by atoms with Crippen molar-refractivity contribution in [2.75, 3.05) is 19.6 Å². The highest BCUT2D eigenvalue weighted by Crippen LogP contribution is 2.40. The summed E-state index contributed by atoms with van der Waals surface area (Å²) in [6, 6.07) is 4.98. The molecule has 0 aromatic heterocycles. The molecule has 0 spiro atoms. The predicted octanol–water partition coefficient (Wildman–Crippen LogP) is 2.95. The van der Waals surface area contributed by atoms with E-state index in [1.807, 2.05) is 19.9 Å². The zero-order chi connectivity index (χ0) is 16.6. The summed E-state index contributed by atoms with van der Waals surface area (Å²) in [5, 5.41) is 3.03. The van der Waals surface area contributed by atoms with E-state index in [4.69, 9.17) is 4.74 Å².